The Hall–Kier alpha value is -1.04. The van der Waals surface area contributed by atoms with Gasteiger partial charge in [-0.3, -0.25) is 0 Å². The number of nitrogens with zero attached hydrogens (tertiary/aromatic N) is 2. The average Bonchev–Trinajstić information content (AvgIpc) is 2.97. The van der Waals surface area contributed by atoms with Crippen molar-refractivity contribution in [3.05, 3.63) is 69.9 Å². The predicted molar refractivity (Wildman–Crippen MR) is 128 cm³/mol. The molecule has 0 saturated carbocycles. The molecule has 144 valence electrons. The average molecular weight is 508 g/mol. The summed E-state index contributed by atoms with van der Waals surface area (Å²) in [5, 5.41) is 0.212. The van der Waals surface area contributed by atoms with Crippen LogP contribution in [0.5, 0.6) is 0 Å². The topological polar surface area (TPSA) is 6.48 Å². The van der Waals surface area contributed by atoms with Crippen molar-refractivity contribution in [1.82, 2.24) is 0 Å². The molecule has 0 aromatic heterocycles. The van der Waals surface area contributed by atoms with E-state index >= 15 is 0 Å². The van der Waals surface area contributed by atoms with Crippen molar-refractivity contribution in [3.8, 4) is 0 Å². The van der Waals surface area contributed by atoms with Crippen LogP contribution in [-0.2, 0) is 0 Å². The maximum Gasteiger partial charge on any atom is 0.283 e. The van der Waals surface area contributed by atoms with E-state index in [1.165, 1.54) is 11.4 Å². The Morgan fingerprint density at radius 3 is 1.15 bits per heavy atom. The molecule has 0 atom stereocenters. The molecule has 2 nitrogen and oxygen atoms in total. The van der Waals surface area contributed by atoms with Gasteiger partial charge in [-0.2, -0.15) is 0 Å². The summed E-state index contributed by atoms with van der Waals surface area (Å²) in [5.74, 6) is 0. The molecule has 0 N–H and O–H groups in total. The van der Waals surface area contributed by atoms with Gasteiger partial charge in [-0.05, 0) is 58.6 Å². The fourth-order valence-electron chi connectivity index (χ4n) is 4.78. The van der Waals surface area contributed by atoms with E-state index in [0.717, 1.165) is 8.95 Å². The summed E-state index contributed by atoms with van der Waals surface area (Å²) in [6.07, 6.45) is 4.57. The number of hydrogen-bond acceptors (Lipinski definition) is 2. The first-order chi connectivity index (χ1) is 12.5. The van der Waals surface area contributed by atoms with E-state index in [9.17, 15) is 0 Å². The van der Waals surface area contributed by atoms with E-state index < -0.39 is 8.40 Å². The van der Waals surface area contributed by atoms with Gasteiger partial charge in [-0.25, -0.2) is 0 Å². The Morgan fingerprint density at radius 1 is 0.593 bits per heavy atom. The quantitative estimate of drug-likeness (QED) is 0.379. The van der Waals surface area contributed by atoms with E-state index in [-0.39, 0.29) is 10.1 Å². The van der Waals surface area contributed by atoms with Crippen LogP contribution in [0, 0.1) is 0 Å². The molecule has 0 bridgehead atoms. The van der Waals surface area contributed by atoms with Gasteiger partial charge < -0.3 is 9.13 Å². The lowest BCUT2D eigenvalue weighted by atomic mass is 10.2. The van der Waals surface area contributed by atoms with Crippen molar-refractivity contribution in [2.75, 3.05) is 9.13 Å². The summed E-state index contributed by atoms with van der Waals surface area (Å²) in [7, 11) is -2.29. The second-order valence-electron chi connectivity index (χ2n) is 9.16. The highest BCUT2D eigenvalue weighted by Gasteiger charge is 2.64. The van der Waals surface area contributed by atoms with Crippen LogP contribution in [0.3, 0.4) is 0 Å². The lowest BCUT2D eigenvalue weighted by molar-refractivity contribution is 0.604. The normalized spacial score (nSPS) is 16.9. The van der Waals surface area contributed by atoms with Gasteiger partial charge in [-0.15, -0.1) is 0 Å². The molecule has 0 saturated heterocycles. The minimum atomic E-state index is -2.29. The smallest absolute Gasteiger partial charge is 0.283 e. The highest BCUT2D eigenvalue weighted by Crippen LogP contribution is 2.58. The monoisotopic (exact) mass is 506 g/mol. The molecule has 0 spiro atoms. The van der Waals surface area contributed by atoms with E-state index in [1.54, 1.807) is 0 Å². The molecule has 27 heavy (non-hydrogen) atoms. The fraction of sp³-hybridized carbons (Fsp3) is 0.364. The van der Waals surface area contributed by atoms with Crippen molar-refractivity contribution >= 4 is 51.6 Å². The SMILES string of the molecule is CC(C)(C)[Si]1(C(C)(C)C)N(c2ccc(Br)cc2)C=CN1c1ccc(Br)cc1. The highest BCUT2D eigenvalue weighted by atomic mass is 79.9. The summed E-state index contributed by atoms with van der Waals surface area (Å²) in [6.45, 7) is 14.4. The van der Waals surface area contributed by atoms with E-state index in [4.69, 9.17) is 0 Å². The molecule has 2 aromatic carbocycles. The maximum absolute atomic E-state index is 3.58. The molecule has 3 rings (SSSR count). The zero-order chi connectivity index (χ0) is 20.0. The zero-order valence-electron chi connectivity index (χ0n) is 16.9. The Kier molecular flexibility index (Phi) is 5.43. The molecular weight excluding hydrogens is 480 g/mol. The van der Waals surface area contributed by atoms with Crippen LogP contribution in [0.1, 0.15) is 41.5 Å². The van der Waals surface area contributed by atoms with Crippen molar-refractivity contribution in [1.29, 1.82) is 0 Å². The number of halogens is 2. The van der Waals surface area contributed by atoms with Crippen LogP contribution in [0.2, 0.25) is 10.1 Å². The first kappa shape index (κ1) is 20.7. The van der Waals surface area contributed by atoms with Gasteiger partial charge in [0.2, 0.25) is 0 Å². The van der Waals surface area contributed by atoms with Crippen LogP contribution in [-0.4, -0.2) is 8.40 Å². The summed E-state index contributed by atoms with van der Waals surface area (Å²) in [6, 6.07) is 17.4. The van der Waals surface area contributed by atoms with Crippen LogP contribution in [0.4, 0.5) is 11.4 Å². The summed E-state index contributed by atoms with van der Waals surface area (Å²) >= 11 is 7.15. The van der Waals surface area contributed by atoms with Crippen LogP contribution in [0.15, 0.2) is 69.9 Å². The second kappa shape index (κ2) is 7.09. The van der Waals surface area contributed by atoms with E-state index in [2.05, 4.69) is 143 Å². The molecular formula is C22H28Br2N2Si. The Bertz CT molecular complexity index is 759. The van der Waals surface area contributed by atoms with Crippen LogP contribution >= 0.6 is 31.9 Å². The zero-order valence-corrected chi connectivity index (χ0v) is 21.1. The van der Waals surface area contributed by atoms with E-state index in [0.29, 0.717) is 0 Å². The van der Waals surface area contributed by atoms with Gasteiger partial charge in [0.25, 0.3) is 8.40 Å². The number of anilines is 2. The minimum Gasteiger partial charge on any atom is -0.354 e. The lowest BCUT2D eigenvalue weighted by Crippen LogP contribution is -2.70. The molecule has 0 aliphatic carbocycles. The Balaban J connectivity index is 2.24. The third-order valence-electron chi connectivity index (χ3n) is 5.36. The molecule has 0 unspecified atom stereocenters. The maximum atomic E-state index is 3.58. The Labute approximate surface area is 181 Å². The Morgan fingerprint density at radius 2 is 0.889 bits per heavy atom. The number of benzene rings is 2. The van der Waals surface area contributed by atoms with Gasteiger partial charge in [-0.1, -0.05) is 73.4 Å². The molecule has 2 aromatic rings. The highest BCUT2D eigenvalue weighted by molar-refractivity contribution is 9.10. The first-order valence-electron chi connectivity index (χ1n) is 9.26. The number of rotatable bonds is 2. The first-order valence-corrected chi connectivity index (χ1v) is 12.7. The van der Waals surface area contributed by atoms with Gasteiger partial charge in [0.05, 0.1) is 0 Å². The van der Waals surface area contributed by atoms with Gasteiger partial charge in [0.1, 0.15) is 0 Å². The second-order valence-corrected chi connectivity index (χ2v) is 16.3. The summed E-state index contributed by atoms with van der Waals surface area (Å²) in [5.41, 5.74) is 2.51. The summed E-state index contributed by atoms with van der Waals surface area (Å²) in [4.78, 5) is 0. The molecule has 1 heterocycles. The largest absolute Gasteiger partial charge is 0.354 e. The van der Waals surface area contributed by atoms with Gasteiger partial charge in [0, 0.05) is 32.7 Å². The summed E-state index contributed by atoms with van der Waals surface area (Å²) < 4.78 is 7.39. The third-order valence-corrected chi connectivity index (χ3v) is 12.8. The van der Waals surface area contributed by atoms with Gasteiger partial charge in [0.15, 0.2) is 0 Å². The molecule has 1 aliphatic rings. The molecule has 0 radical (unpaired) electrons. The van der Waals surface area contributed by atoms with E-state index in [1.807, 2.05) is 0 Å². The predicted octanol–water partition coefficient (Wildman–Crippen LogP) is 8.05. The lowest BCUT2D eigenvalue weighted by Gasteiger charge is -2.57. The van der Waals surface area contributed by atoms with Crippen LogP contribution < -0.4 is 9.13 Å². The third kappa shape index (κ3) is 3.43. The molecule has 5 heteroatoms. The van der Waals surface area contributed by atoms with Crippen molar-refractivity contribution in [2.24, 2.45) is 0 Å². The fourth-order valence-corrected chi connectivity index (χ4v) is 12.3. The van der Waals surface area contributed by atoms with Crippen molar-refractivity contribution in [3.63, 3.8) is 0 Å². The molecule has 0 fully saturated rings. The van der Waals surface area contributed by atoms with Crippen molar-refractivity contribution < 1.29 is 0 Å². The number of hydrogen-bond donors (Lipinski definition) is 0. The van der Waals surface area contributed by atoms with Crippen molar-refractivity contribution in [2.45, 2.75) is 51.6 Å². The molecule has 0 amide bonds. The van der Waals surface area contributed by atoms with Crippen LogP contribution in [0.25, 0.3) is 0 Å². The minimum absolute atomic E-state index is 0.106. The standard InChI is InChI=1S/C22H28Br2N2Si/c1-21(2,3)27(22(4,5)6)25(19-11-7-17(23)8-12-19)15-16-26(27)20-13-9-18(24)10-14-20/h7-16H,1-6H3. The van der Waals surface area contributed by atoms with Gasteiger partial charge >= 0.3 is 0 Å². The molecule has 1 aliphatic heterocycles.